The van der Waals surface area contributed by atoms with Crippen LogP contribution < -0.4 is 5.48 Å². The molecule has 0 aliphatic heterocycles. The van der Waals surface area contributed by atoms with Crippen molar-refractivity contribution in [1.29, 1.82) is 0 Å². The quantitative estimate of drug-likeness (QED) is 0.630. The zero-order valence-corrected chi connectivity index (χ0v) is 10.1. The molecule has 0 unspecified atom stereocenters. The summed E-state index contributed by atoms with van der Waals surface area (Å²) in [6, 6.07) is 7.85. The molecule has 0 spiro atoms. The number of sulfone groups is 1. The molecule has 1 rings (SSSR count). The van der Waals surface area contributed by atoms with Crippen molar-refractivity contribution in [3.05, 3.63) is 41.8 Å². The Hall–Kier alpha value is -1.66. The highest BCUT2D eigenvalue weighted by atomic mass is 32.2. The zero-order valence-electron chi connectivity index (χ0n) is 9.29. The fourth-order valence-electron chi connectivity index (χ4n) is 1.02. The van der Waals surface area contributed by atoms with Crippen LogP contribution in [-0.2, 0) is 19.5 Å². The number of carbonyl (C=O) groups is 1. The second-order valence-corrected chi connectivity index (χ2v) is 4.89. The monoisotopic (exact) mass is 255 g/mol. The van der Waals surface area contributed by atoms with Gasteiger partial charge in [-0.2, -0.15) is 0 Å². The van der Waals surface area contributed by atoms with Crippen LogP contribution in [0.25, 0.3) is 0 Å². The third-order valence-corrected chi connectivity index (χ3v) is 3.21. The van der Waals surface area contributed by atoms with Crippen molar-refractivity contribution in [3.8, 4) is 0 Å². The van der Waals surface area contributed by atoms with E-state index >= 15 is 0 Å². The highest BCUT2D eigenvalue weighted by Crippen LogP contribution is 2.10. The molecular formula is C11H13NO4S. The summed E-state index contributed by atoms with van der Waals surface area (Å²) in [5.74, 6) is -0.619. The first kappa shape index (κ1) is 13.4. The average Bonchev–Trinajstić information content (AvgIpc) is 2.35. The van der Waals surface area contributed by atoms with Crippen molar-refractivity contribution in [3.63, 3.8) is 0 Å². The predicted octanol–water partition coefficient (Wildman–Crippen LogP) is 1.04. The molecule has 92 valence electrons. The summed E-state index contributed by atoms with van der Waals surface area (Å²) in [4.78, 5) is 15.9. The molecule has 0 bridgehead atoms. The summed E-state index contributed by atoms with van der Waals surface area (Å²) < 4.78 is 23.4. The number of nitrogens with one attached hydrogen (secondary N) is 1. The molecular weight excluding hydrogens is 242 g/mol. The molecule has 1 N–H and O–H groups in total. The Labute approximate surface area is 100.0 Å². The molecule has 0 aliphatic rings. The summed E-state index contributed by atoms with van der Waals surface area (Å²) in [5, 5.41) is 0.844. The molecule has 5 nitrogen and oxygen atoms in total. The van der Waals surface area contributed by atoms with E-state index in [1.54, 1.807) is 25.1 Å². The van der Waals surface area contributed by atoms with Crippen molar-refractivity contribution in [2.24, 2.45) is 0 Å². The van der Waals surface area contributed by atoms with Gasteiger partial charge < -0.3 is 0 Å². The third-order valence-electron chi connectivity index (χ3n) is 1.79. The number of rotatable bonds is 5. The molecule has 0 atom stereocenters. The first-order chi connectivity index (χ1) is 8.06. The minimum atomic E-state index is -3.58. The van der Waals surface area contributed by atoms with Gasteiger partial charge in [-0.25, -0.2) is 13.9 Å². The molecule has 1 aromatic carbocycles. The van der Waals surface area contributed by atoms with Crippen LogP contribution >= 0.6 is 0 Å². The second-order valence-electron chi connectivity index (χ2n) is 3.06. The maximum absolute atomic E-state index is 11.7. The molecule has 0 fully saturated rings. The maximum atomic E-state index is 11.7. The van der Waals surface area contributed by atoms with E-state index in [4.69, 9.17) is 0 Å². The molecule has 0 radical (unpaired) electrons. The summed E-state index contributed by atoms with van der Waals surface area (Å²) >= 11 is 0. The molecule has 0 aromatic heterocycles. The SMILES string of the molecule is CCONC(=O)C=CS(=O)(=O)c1ccccc1. The number of benzene rings is 1. The van der Waals surface area contributed by atoms with Gasteiger partial charge in [0.25, 0.3) is 5.91 Å². The number of amides is 1. The first-order valence-corrected chi connectivity index (χ1v) is 6.51. The van der Waals surface area contributed by atoms with Crippen LogP contribution in [0.4, 0.5) is 0 Å². The Morgan fingerprint density at radius 1 is 1.35 bits per heavy atom. The fraction of sp³-hybridized carbons (Fsp3) is 0.182. The summed E-state index contributed by atoms with van der Waals surface area (Å²) in [5.41, 5.74) is 2.07. The van der Waals surface area contributed by atoms with Crippen LogP contribution in [0.15, 0.2) is 46.7 Å². The minimum Gasteiger partial charge on any atom is -0.274 e. The van der Waals surface area contributed by atoms with Gasteiger partial charge in [0.2, 0.25) is 0 Å². The Kier molecular flexibility index (Phi) is 4.86. The largest absolute Gasteiger partial charge is 0.274 e. The highest BCUT2D eigenvalue weighted by molar-refractivity contribution is 7.94. The van der Waals surface area contributed by atoms with Gasteiger partial charge in [0.05, 0.1) is 11.5 Å². The third kappa shape index (κ3) is 4.38. The number of hydroxylamine groups is 1. The van der Waals surface area contributed by atoms with Crippen molar-refractivity contribution in [2.45, 2.75) is 11.8 Å². The molecule has 0 heterocycles. The van der Waals surface area contributed by atoms with E-state index in [-0.39, 0.29) is 4.90 Å². The van der Waals surface area contributed by atoms with Gasteiger partial charge in [-0.3, -0.25) is 9.63 Å². The lowest BCUT2D eigenvalue weighted by molar-refractivity contribution is -0.128. The van der Waals surface area contributed by atoms with Gasteiger partial charge in [-0.05, 0) is 19.1 Å². The summed E-state index contributed by atoms with van der Waals surface area (Å²) in [6.45, 7) is 2.01. The van der Waals surface area contributed by atoms with Crippen molar-refractivity contribution < 1.29 is 18.0 Å². The lowest BCUT2D eigenvalue weighted by Crippen LogP contribution is -2.21. The van der Waals surface area contributed by atoms with Gasteiger partial charge in [-0.15, -0.1) is 0 Å². The van der Waals surface area contributed by atoms with Gasteiger partial charge in [0.15, 0.2) is 9.84 Å². The molecule has 1 aromatic rings. The van der Waals surface area contributed by atoms with Gasteiger partial charge >= 0.3 is 0 Å². The standard InChI is InChI=1S/C11H13NO4S/c1-2-16-12-11(13)8-9-17(14,15)10-6-4-3-5-7-10/h3-9H,2H2,1H3,(H,12,13). The first-order valence-electron chi connectivity index (χ1n) is 4.96. The zero-order chi connectivity index (χ0) is 12.7. The minimum absolute atomic E-state index is 0.139. The van der Waals surface area contributed by atoms with Gasteiger partial charge in [0, 0.05) is 11.5 Å². The second kappa shape index (κ2) is 6.17. The lowest BCUT2D eigenvalue weighted by atomic mass is 10.4. The van der Waals surface area contributed by atoms with E-state index in [0.29, 0.717) is 6.61 Å². The Morgan fingerprint density at radius 3 is 2.59 bits per heavy atom. The van der Waals surface area contributed by atoms with Crippen LogP contribution in [-0.4, -0.2) is 20.9 Å². The maximum Gasteiger partial charge on any atom is 0.268 e. The van der Waals surface area contributed by atoms with Crippen molar-refractivity contribution in [2.75, 3.05) is 6.61 Å². The number of hydrogen-bond donors (Lipinski definition) is 1. The Bertz CT molecular complexity index is 493. The van der Waals surface area contributed by atoms with Crippen molar-refractivity contribution >= 4 is 15.7 Å². The topological polar surface area (TPSA) is 72.5 Å². The smallest absolute Gasteiger partial charge is 0.268 e. The molecule has 1 amide bonds. The molecule has 0 saturated heterocycles. The fourth-order valence-corrected chi connectivity index (χ4v) is 2.01. The van der Waals surface area contributed by atoms with Crippen LogP contribution in [0.2, 0.25) is 0 Å². The van der Waals surface area contributed by atoms with Crippen molar-refractivity contribution in [1.82, 2.24) is 5.48 Å². The van der Waals surface area contributed by atoms with Crippen LogP contribution in [0.1, 0.15) is 6.92 Å². The van der Waals surface area contributed by atoms with E-state index in [9.17, 15) is 13.2 Å². The summed E-state index contributed by atoms with van der Waals surface area (Å²) in [6.07, 6.45) is 0.915. The van der Waals surface area contributed by atoms with E-state index in [0.717, 1.165) is 11.5 Å². The summed E-state index contributed by atoms with van der Waals surface area (Å²) in [7, 11) is -3.58. The molecule has 6 heteroatoms. The Balaban J connectivity index is 2.74. The molecule has 0 aliphatic carbocycles. The van der Waals surface area contributed by atoms with Crippen LogP contribution in [0.3, 0.4) is 0 Å². The Morgan fingerprint density at radius 2 is 2.00 bits per heavy atom. The van der Waals surface area contributed by atoms with Gasteiger partial charge in [0.1, 0.15) is 0 Å². The highest BCUT2D eigenvalue weighted by Gasteiger charge is 2.09. The average molecular weight is 255 g/mol. The van der Waals surface area contributed by atoms with E-state index in [2.05, 4.69) is 10.3 Å². The lowest BCUT2D eigenvalue weighted by Gasteiger charge is -1.99. The van der Waals surface area contributed by atoms with E-state index in [1.165, 1.54) is 12.1 Å². The van der Waals surface area contributed by atoms with E-state index in [1.807, 2.05) is 0 Å². The molecule has 17 heavy (non-hydrogen) atoms. The number of carbonyl (C=O) groups excluding carboxylic acids is 1. The van der Waals surface area contributed by atoms with Crippen LogP contribution in [0, 0.1) is 0 Å². The normalized spacial score (nSPS) is 11.6. The van der Waals surface area contributed by atoms with E-state index < -0.39 is 15.7 Å². The van der Waals surface area contributed by atoms with Gasteiger partial charge in [-0.1, -0.05) is 18.2 Å². The molecule has 0 saturated carbocycles. The predicted molar refractivity (Wildman–Crippen MR) is 62.5 cm³/mol. The van der Waals surface area contributed by atoms with Crippen LogP contribution in [0.5, 0.6) is 0 Å². The number of hydrogen-bond acceptors (Lipinski definition) is 4.